The molecule has 0 saturated carbocycles. The van der Waals surface area contributed by atoms with E-state index < -0.39 is 5.97 Å². The number of Topliss-reactive ketones (excluding diaryl/α,β-unsaturated/α-hetero) is 1. The highest BCUT2D eigenvalue weighted by molar-refractivity contribution is 9.10. The summed E-state index contributed by atoms with van der Waals surface area (Å²) in [5.41, 5.74) is 2.30. The molecule has 0 unspecified atom stereocenters. The van der Waals surface area contributed by atoms with E-state index in [1.165, 1.54) is 6.07 Å². The van der Waals surface area contributed by atoms with E-state index in [4.69, 9.17) is 21.1 Å². The molecule has 4 nitrogen and oxygen atoms in total. The molecule has 1 aliphatic rings. The molecule has 29 heavy (non-hydrogen) atoms. The summed E-state index contributed by atoms with van der Waals surface area (Å²) < 4.78 is 12.1. The summed E-state index contributed by atoms with van der Waals surface area (Å²) in [6, 6.07) is 17.2. The fourth-order valence-corrected chi connectivity index (χ4v) is 3.67. The van der Waals surface area contributed by atoms with E-state index in [0.29, 0.717) is 33.2 Å². The average molecular weight is 470 g/mol. The SMILES string of the molecule is Cc1cc(OC(=O)c2cccc(Cl)c2)cc2c1C(=O)/C(=C/c1cccc(Br)c1)O2. The third-order valence-corrected chi connectivity index (χ3v) is 5.09. The Hall–Kier alpha value is -2.89. The van der Waals surface area contributed by atoms with Gasteiger partial charge < -0.3 is 9.47 Å². The third kappa shape index (κ3) is 4.11. The summed E-state index contributed by atoms with van der Waals surface area (Å²) in [4.78, 5) is 25.1. The van der Waals surface area contributed by atoms with Gasteiger partial charge in [-0.05, 0) is 60.5 Å². The zero-order chi connectivity index (χ0) is 20.5. The first-order valence-electron chi connectivity index (χ1n) is 8.73. The van der Waals surface area contributed by atoms with Crippen LogP contribution in [0, 0.1) is 6.92 Å². The first kappa shape index (κ1) is 19.4. The molecule has 0 N–H and O–H groups in total. The second-order valence-corrected chi connectivity index (χ2v) is 7.86. The van der Waals surface area contributed by atoms with Gasteiger partial charge in [0.1, 0.15) is 11.5 Å². The maximum Gasteiger partial charge on any atom is 0.343 e. The van der Waals surface area contributed by atoms with Crippen molar-refractivity contribution in [1.29, 1.82) is 0 Å². The van der Waals surface area contributed by atoms with Crippen LogP contribution in [0.25, 0.3) is 6.08 Å². The zero-order valence-corrected chi connectivity index (χ0v) is 17.6. The summed E-state index contributed by atoms with van der Waals surface area (Å²) in [6.07, 6.45) is 1.68. The van der Waals surface area contributed by atoms with Crippen LogP contribution < -0.4 is 9.47 Å². The van der Waals surface area contributed by atoms with E-state index in [2.05, 4.69) is 15.9 Å². The highest BCUT2D eigenvalue weighted by Gasteiger charge is 2.30. The molecule has 3 aromatic carbocycles. The number of hydrogen-bond acceptors (Lipinski definition) is 4. The van der Waals surface area contributed by atoms with Crippen molar-refractivity contribution >= 4 is 45.4 Å². The van der Waals surface area contributed by atoms with Gasteiger partial charge in [0.05, 0.1) is 11.1 Å². The Morgan fingerprint density at radius 2 is 1.90 bits per heavy atom. The molecule has 144 valence electrons. The molecule has 0 aliphatic carbocycles. The van der Waals surface area contributed by atoms with Crippen molar-refractivity contribution in [3.63, 3.8) is 0 Å². The Bertz CT molecular complexity index is 1180. The van der Waals surface area contributed by atoms with E-state index in [-0.39, 0.29) is 11.5 Å². The Morgan fingerprint density at radius 1 is 1.10 bits per heavy atom. The minimum absolute atomic E-state index is 0.204. The number of ketones is 1. The fourth-order valence-electron chi connectivity index (χ4n) is 3.07. The van der Waals surface area contributed by atoms with Crippen molar-refractivity contribution in [2.24, 2.45) is 0 Å². The Labute approximate surface area is 180 Å². The van der Waals surface area contributed by atoms with Gasteiger partial charge in [-0.2, -0.15) is 0 Å². The van der Waals surface area contributed by atoms with Gasteiger partial charge in [-0.1, -0.05) is 45.7 Å². The lowest BCUT2D eigenvalue weighted by Crippen LogP contribution is -2.08. The minimum Gasteiger partial charge on any atom is -0.452 e. The molecule has 3 aromatic rings. The monoisotopic (exact) mass is 468 g/mol. The van der Waals surface area contributed by atoms with Crippen LogP contribution in [0.15, 0.2) is 70.9 Å². The quantitative estimate of drug-likeness (QED) is 0.259. The molecule has 0 amide bonds. The first-order valence-corrected chi connectivity index (χ1v) is 9.90. The van der Waals surface area contributed by atoms with Crippen LogP contribution in [-0.2, 0) is 0 Å². The summed E-state index contributed by atoms with van der Waals surface area (Å²) in [6.45, 7) is 1.78. The van der Waals surface area contributed by atoms with Gasteiger partial charge in [-0.25, -0.2) is 4.79 Å². The van der Waals surface area contributed by atoms with Crippen molar-refractivity contribution in [1.82, 2.24) is 0 Å². The van der Waals surface area contributed by atoms with Gasteiger partial charge in [0.25, 0.3) is 0 Å². The molecular formula is C23H14BrClO4. The number of benzene rings is 3. The molecule has 1 heterocycles. The Morgan fingerprint density at radius 3 is 2.66 bits per heavy atom. The molecule has 0 saturated heterocycles. The highest BCUT2D eigenvalue weighted by Crippen LogP contribution is 2.37. The summed E-state index contributed by atoms with van der Waals surface area (Å²) in [5, 5.41) is 0.445. The normalized spacial score (nSPS) is 13.9. The minimum atomic E-state index is -0.541. The number of halogens is 2. The highest BCUT2D eigenvalue weighted by atomic mass is 79.9. The number of hydrogen-bond donors (Lipinski definition) is 0. The molecule has 0 fully saturated rings. The van der Waals surface area contributed by atoms with Gasteiger partial charge in [0.15, 0.2) is 5.76 Å². The maximum atomic E-state index is 12.8. The van der Waals surface area contributed by atoms with Crippen LogP contribution in [0.4, 0.5) is 0 Å². The Kier molecular flexibility index (Phi) is 5.26. The smallest absolute Gasteiger partial charge is 0.343 e. The number of carbonyl (C=O) groups is 2. The molecule has 6 heteroatoms. The van der Waals surface area contributed by atoms with Crippen molar-refractivity contribution in [3.8, 4) is 11.5 Å². The van der Waals surface area contributed by atoms with Crippen molar-refractivity contribution < 1.29 is 19.1 Å². The molecule has 0 bridgehead atoms. The fraction of sp³-hybridized carbons (Fsp3) is 0.0435. The van der Waals surface area contributed by atoms with E-state index in [1.807, 2.05) is 24.3 Å². The summed E-state index contributed by atoms with van der Waals surface area (Å²) in [5.74, 6) is 0.138. The van der Waals surface area contributed by atoms with Crippen LogP contribution >= 0.6 is 27.5 Å². The number of fused-ring (bicyclic) bond motifs is 1. The molecule has 0 atom stereocenters. The lowest BCUT2D eigenvalue weighted by molar-refractivity contribution is 0.0734. The summed E-state index contributed by atoms with van der Waals surface area (Å²) in [7, 11) is 0. The summed E-state index contributed by atoms with van der Waals surface area (Å²) >= 11 is 9.34. The molecular weight excluding hydrogens is 456 g/mol. The number of aryl methyl sites for hydroxylation is 1. The second-order valence-electron chi connectivity index (χ2n) is 6.51. The van der Waals surface area contributed by atoms with Gasteiger partial charge in [-0.3, -0.25) is 4.79 Å². The largest absolute Gasteiger partial charge is 0.452 e. The van der Waals surface area contributed by atoms with E-state index >= 15 is 0 Å². The molecule has 0 spiro atoms. The Balaban J connectivity index is 1.61. The third-order valence-electron chi connectivity index (χ3n) is 4.36. The first-order chi connectivity index (χ1) is 13.9. The molecule has 4 rings (SSSR count). The predicted molar refractivity (Wildman–Crippen MR) is 115 cm³/mol. The standard InChI is InChI=1S/C23H14BrClO4/c1-13-8-18(28-23(27)15-5-3-7-17(25)11-15)12-19-21(13)22(26)20(29-19)10-14-4-2-6-16(24)9-14/h2-12H,1H3/b20-10-. The zero-order valence-electron chi connectivity index (χ0n) is 15.2. The molecule has 0 radical (unpaired) electrons. The predicted octanol–water partition coefficient (Wildman–Crippen LogP) is 6.25. The lowest BCUT2D eigenvalue weighted by atomic mass is 10.0. The maximum absolute atomic E-state index is 12.8. The van der Waals surface area contributed by atoms with E-state index in [0.717, 1.165) is 10.0 Å². The van der Waals surface area contributed by atoms with Crippen LogP contribution in [0.3, 0.4) is 0 Å². The van der Waals surface area contributed by atoms with Gasteiger partial charge in [-0.15, -0.1) is 0 Å². The van der Waals surface area contributed by atoms with Gasteiger partial charge in [0.2, 0.25) is 5.78 Å². The van der Waals surface area contributed by atoms with Crippen molar-refractivity contribution in [2.75, 3.05) is 0 Å². The topological polar surface area (TPSA) is 52.6 Å². The number of carbonyl (C=O) groups excluding carboxylic acids is 2. The van der Waals surface area contributed by atoms with Crippen molar-refractivity contribution in [2.45, 2.75) is 6.92 Å². The average Bonchev–Trinajstić information content (AvgIpc) is 2.97. The number of allylic oxidation sites excluding steroid dienone is 1. The van der Waals surface area contributed by atoms with Crippen LogP contribution in [0.1, 0.15) is 31.8 Å². The molecule has 1 aliphatic heterocycles. The lowest BCUT2D eigenvalue weighted by Gasteiger charge is -2.08. The van der Waals surface area contributed by atoms with E-state index in [1.54, 1.807) is 43.3 Å². The van der Waals surface area contributed by atoms with Crippen LogP contribution in [0.5, 0.6) is 11.5 Å². The van der Waals surface area contributed by atoms with E-state index in [9.17, 15) is 9.59 Å². The van der Waals surface area contributed by atoms with Gasteiger partial charge in [0, 0.05) is 15.6 Å². The second kappa shape index (κ2) is 7.85. The van der Waals surface area contributed by atoms with Crippen LogP contribution in [-0.4, -0.2) is 11.8 Å². The molecule has 0 aromatic heterocycles. The van der Waals surface area contributed by atoms with Crippen LogP contribution in [0.2, 0.25) is 5.02 Å². The number of ether oxygens (including phenoxy) is 2. The number of esters is 1. The van der Waals surface area contributed by atoms with Crippen molar-refractivity contribution in [3.05, 3.63) is 98.2 Å². The number of rotatable bonds is 3. The van der Waals surface area contributed by atoms with Gasteiger partial charge >= 0.3 is 5.97 Å².